The number of aryl methyl sites for hydroxylation is 1. The highest BCUT2D eigenvalue weighted by Crippen LogP contribution is 2.10. The fourth-order valence-corrected chi connectivity index (χ4v) is 2.64. The first kappa shape index (κ1) is 21.7. The monoisotopic (exact) mass is 472 g/mol. The lowest BCUT2D eigenvalue weighted by Gasteiger charge is -2.11. The number of guanidine groups is 1. The maximum absolute atomic E-state index is 6.01. The first-order valence-electron chi connectivity index (χ1n) is 8.35. The van der Waals surface area contributed by atoms with Gasteiger partial charge in [-0.3, -0.25) is 9.98 Å². The second-order valence-corrected chi connectivity index (χ2v) is 6.06. The van der Waals surface area contributed by atoms with Gasteiger partial charge in [0.25, 0.3) is 0 Å². The Morgan fingerprint density at radius 3 is 2.76 bits per heavy atom. The summed E-state index contributed by atoms with van der Waals surface area (Å²) in [6, 6.07) is 10.0. The number of benzene rings is 1. The highest BCUT2D eigenvalue weighted by molar-refractivity contribution is 14.0. The molecule has 2 rings (SSSR count). The summed E-state index contributed by atoms with van der Waals surface area (Å²) in [6.07, 6.45) is 5.56. The van der Waals surface area contributed by atoms with E-state index >= 15 is 0 Å². The van der Waals surface area contributed by atoms with E-state index in [1.807, 2.05) is 30.6 Å². The van der Waals surface area contributed by atoms with Crippen molar-refractivity contribution in [2.24, 2.45) is 4.99 Å². The van der Waals surface area contributed by atoms with Crippen LogP contribution in [0.3, 0.4) is 0 Å². The van der Waals surface area contributed by atoms with Gasteiger partial charge in [0.15, 0.2) is 5.96 Å². The topological polar surface area (TPSA) is 49.3 Å². The van der Waals surface area contributed by atoms with Crippen molar-refractivity contribution in [1.82, 2.24) is 15.6 Å². The summed E-state index contributed by atoms with van der Waals surface area (Å²) in [5.74, 6) is 0.853. The van der Waals surface area contributed by atoms with Crippen molar-refractivity contribution in [2.45, 2.75) is 26.7 Å². The van der Waals surface area contributed by atoms with Crippen LogP contribution in [-0.4, -0.2) is 30.6 Å². The number of rotatable bonds is 7. The minimum Gasteiger partial charge on any atom is -0.357 e. The fourth-order valence-electron chi connectivity index (χ4n) is 2.43. The van der Waals surface area contributed by atoms with Gasteiger partial charge in [-0.25, -0.2) is 0 Å². The average Bonchev–Trinajstić information content (AvgIpc) is 2.57. The zero-order valence-electron chi connectivity index (χ0n) is 14.8. The molecule has 0 unspecified atom stereocenters. The number of pyridine rings is 1. The maximum Gasteiger partial charge on any atom is 0.191 e. The molecule has 0 bridgehead atoms. The molecule has 0 aliphatic rings. The molecule has 1 aromatic heterocycles. The summed E-state index contributed by atoms with van der Waals surface area (Å²) in [5, 5.41) is 7.43. The SMILES string of the molecule is CCNC(=NCCc1ccncc1C)NCCc1cccc(Cl)c1.I. The first-order valence-corrected chi connectivity index (χ1v) is 8.73. The Labute approximate surface area is 172 Å². The Morgan fingerprint density at radius 1 is 1.20 bits per heavy atom. The third-order valence-corrected chi connectivity index (χ3v) is 3.96. The number of halogens is 2. The smallest absolute Gasteiger partial charge is 0.191 e. The molecule has 0 saturated heterocycles. The average molecular weight is 473 g/mol. The lowest BCUT2D eigenvalue weighted by Crippen LogP contribution is -2.38. The van der Waals surface area contributed by atoms with E-state index in [1.54, 1.807) is 0 Å². The highest BCUT2D eigenvalue weighted by atomic mass is 127. The Kier molecular flexibility index (Phi) is 10.5. The van der Waals surface area contributed by atoms with Crippen molar-refractivity contribution in [1.29, 1.82) is 0 Å². The van der Waals surface area contributed by atoms with Crippen molar-refractivity contribution >= 4 is 41.5 Å². The van der Waals surface area contributed by atoms with Crippen LogP contribution in [0.2, 0.25) is 5.02 Å². The standard InChI is InChI=1S/C19H25ClN4.HI/c1-3-22-19(23-11-7-16-5-4-6-18(20)13-16)24-12-9-17-8-10-21-14-15(17)2;/h4-6,8,10,13-14H,3,7,9,11-12H2,1-2H3,(H2,22,23,24);1H. The van der Waals surface area contributed by atoms with Crippen molar-refractivity contribution in [3.63, 3.8) is 0 Å². The Balaban J connectivity index is 0.00000312. The lowest BCUT2D eigenvalue weighted by molar-refractivity contribution is 0.796. The second kappa shape index (κ2) is 12.1. The molecule has 0 radical (unpaired) electrons. The van der Waals surface area contributed by atoms with E-state index in [9.17, 15) is 0 Å². The first-order chi connectivity index (χ1) is 11.7. The Hall–Kier alpha value is -1.34. The van der Waals surface area contributed by atoms with E-state index in [0.717, 1.165) is 43.5 Å². The van der Waals surface area contributed by atoms with Crippen LogP contribution in [0.1, 0.15) is 23.6 Å². The summed E-state index contributed by atoms with van der Waals surface area (Å²) in [7, 11) is 0. The Morgan fingerprint density at radius 2 is 2.04 bits per heavy atom. The molecule has 0 aliphatic heterocycles. The summed E-state index contributed by atoms with van der Waals surface area (Å²) in [4.78, 5) is 8.77. The molecule has 136 valence electrons. The van der Waals surface area contributed by atoms with Gasteiger partial charge in [-0.15, -0.1) is 24.0 Å². The predicted octanol–water partition coefficient (Wildman–Crippen LogP) is 4.00. The summed E-state index contributed by atoms with van der Waals surface area (Å²) < 4.78 is 0. The minimum atomic E-state index is 0. The normalized spacial score (nSPS) is 10.9. The molecule has 1 heterocycles. The number of hydrogen-bond donors (Lipinski definition) is 2. The van der Waals surface area contributed by atoms with Gasteiger partial charge in [0.05, 0.1) is 0 Å². The molecule has 1 aromatic carbocycles. The van der Waals surface area contributed by atoms with Gasteiger partial charge in [0.1, 0.15) is 0 Å². The quantitative estimate of drug-likeness (QED) is 0.364. The largest absolute Gasteiger partial charge is 0.357 e. The molecule has 2 aromatic rings. The zero-order valence-corrected chi connectivity index (χ0v) is 17.8. The fraction of sp³-hybridized carbons (Fsp3) is 0.368. The van der Waals surface area contributed by atoms with Crippen LogP contribution in [0.4, 0.5) is 0 Å². The van der Waals surface area contributed by atoms with Crippen LogP contribution >= 0.6 is 35.6 Å². The lowest BCUT2D eigenvalue weighted by atomic mass is 10.1. The van der Waals surface area contributed by atoms with E-state index in [1.165, 1.54) is 16.7 Å². The molecular weight excluding hydrogens is 447 g/mol. The van der Waals surface area contributed by atoms with Gasteiger partial charge in [-0.05, 0) is 61.6 Å². The van der Waals surface area contributed by atoms with Gasteiger partial charge in [-0.1, -0.05) is 23.7 Å². The summed E-state index contributed by atoms with van der Waals surface area (Å²) in [5.41, 5.74) is 3.73. The molecular formula is C19H26ClIN4. The van der Waals surface area contributed by atoms with Crippen molar-refractivity contribution < 1.29 is 0 Å². The molecule has 0 amide bonds. The van der Waals surface area contributed by atoms with Crippen molar-refractivity contribution in [3.8, 4) is 0 Å². The van der Waals surface area contributed by atoms with E-state index in [-0.39, 0.29) is 24.0 Å². The molecule has 2 N–H and O–H groups in total. The van der Waals surface area contributed by atoms with Crippen LogP contribution < -0.4 is 10.6 Å². The van der Waals surface area contributed by atoms with Crippen LogP contribution in [0.5, 0.6) is 0 Å². The van der Waals surface area contributed by atoms with Crippen LogP contribution in [-0.2, 0) is 12.8 Å². The van der Waals surface area contributed by atoms with E-state index < -0.39 is 0 Å². The van der Waals surface area contributed by atoms with Gasteiger partial charge in [0, 0.05) is 37.1 Å². The van der Waals surface area contributed by atoms with E-state index in [2.05, 4.69) is 46.6 Å². The second-order valence-electron chi connectivity index (χ2n) is 5.62. The molecule has 6 heteroatoms. The van der Waals surface area contributed by atoms with Crippen LogP contribution in [0.25, 0.3) is 0 Å². The molecule has 4 nitrogen and oxygen atoms in total. The molecule has 0 aliphatic carbocycles. The molecule has 0 fully saturated rings. The van der Waals surface area contributed by atoms with Gasteiger partial charge < -0.3 is 10.6 Å². The summed E-state index contributed by atoms with van der Waals surface area (Å²) in [6.45, 7) is 6.57. The third-order valence-electron chi connectivity index (χ3n) is 3.73. The maximum atomic E-state index is 6.01. The predicted molar refractivity (Wildman–Crippen MR) is 117 cm³/mol. The minimum absolute atomic E-state index is 0. The molecule has 25 heavy (non-hydrogen) atoms. The van der Waals surface area contributed by atoms with E-state index in [0.29, 0.717) is 0 Å². The molecule has 0 atom stereocenters. The molecule has 0 spiro atoms. The van der Waals surface area contributed by atoms with Crippen LogP contribution in [0, 0.1) is 6.92 Å². The van der Waals surface area contributed by atoms with Crippen molar-refractivity contribution in [2.75, 3.05) is 19.6 Å². The van der Waals surface area contributed by atoms with Gasteiger partial charge in [0.2, 0.25) is 0 Å². The highest BCUT2D eigenvalue weighted by Gasteiger charge is 2.00. The Bertz CT molecular complexity index is 676. The third kappa shape index (κ3) is 8.05. The van der Waals surface area contributed by atoms with E-state index in [4.69, 9.17) is 11.6 Å². The van der Waals surface area contributed by atoms with Crippen LogP contribution in [0.15, 0.2) is 47.7 Å². The number of aliphatic imine (C=N–C) groups is 1. The molecule has 0 saturated carbocycles. The van der Waals surface area contributed by atoms with Crippen molar-refractivity contribution in [3.05, 3.63) is 64.4 Å². The number of hydrogen-bond acceptors (Lipinski definition) is 2. The number of nitrogens with one attached hydrogen (secondary N) is 2. The zero-order chi connectivity index (χ0) is 17.2. The summed E-state index contributed by atoms with van der Waals surface area (Å²) >= 11 is 6.01. The number of aromatic nitrogens is 1. The number of nitrogens with zero attached hydrogens (tertiary/aromatic N) is 2. The van der Waals surface area contributed by atoms with Gasteiger partial charge in [-0.2, -0.15) is 0 Å². The van der Waals surface area contributed by atoms with Gasteiger partial charge >= 0.3 is 0 Å².